The first-order valence-electron chi connectivity index (χ1n) is 7.62. The lowest BCUT2D eigenvalue weighted by Gasteiger charge is -2.23. The van der Waals surface area contributed by atoms with Gasteiger partial charge in [0.05, 0.1) is 21.2 Å². The minimum atomic E-state index is -0.512. The van der Waals surface area contributed by atoms with Gasteiger partial charge >= 0.3 is 0 Å². The Labute approximate surface area is 143 Å². The van der Waals surface area contributed by atoms with Gasteiger partial charge in [-0.1, -0.05) is 42.5 Å². The van der Waals surface area contributed by atoms with Crippen LogP contribution in [0, 0.1) is 0 Å². The van der Waals surface area contributed by atoms with Crippen molar-refractivity contribution in [3.63, 3.8) is 0 Å². The molecule has 0 unspecified atom stereocenters. The van der Waals surface area contributed by atoms with E-state index in [1.54, 1.807) is 0 Å². The van der Waals surface area contributed by atoms with Crippen molar-refractivity contribution in [2.24, 2.45) is 0 Å². The quantitative estimate of drug-likeness (QED) is 0.848. The topological polar surface area (TPSA) is 66.5 Å². The van der Waals surface area contributed by atoms with Crippen LogP contribution in [0.2, 0.25) is 10.0 Å². The molecular formula is C16H16Cl2N2O3. The Balaban J connectivity index is 1.70. The second-order valence-corrected chi connectivity index (χ2v) is 6.73. The van der Waals surface area contributed by atoms with Crippen LogP contribution in [0.3, 0.4) is 0 Å². The molecule has 1 N–H and O–H groups in total. The number of nitrogens with zero attached hydrogens (tertiary/aromatic N) is 1. The van der Waals surface area contributed by atoms with Crippen LogP contribution in [0.25, 0.3) is 0 Å². The van der Waals surface area contributed by atoms with E-state index in [4.69, 9.17) is 23.2 Å². The van der Waals surface area contributed by atoms with Gasteiger partial charge in [0.1, 0.15) is 6.54 Å². The molecule has 0 bridgehead atoms. The van der Waals surface area contributed by atoms with E-state index in [2.05, 4.69) is 5.32 Å². The minimum Gasteiger partial charge on any atom is -0.352 e. The Morgan fingerprint density at radius 2 is 1.57 bits per heavy atom. The fourth-order valence-corrected chi connectivity index (χ4v) is 3.42. The number of nitrogens with one attached hydrogen (secondary N) is 1. The maximum absolute atomic E-state index is 12.3. The Morgan fingerprint density at radius 1 is 1.04 bits per heavy atom. The van der Waals surface area contributed by atoms with Crippen LogP contribution in [-0.2, 0) is 4.79 Å². The van der Waals surface area contributed by atoms with Gasteiger partial charge in [0.2, 0.25) is 5.91 Å². The van der Waals surface area contributed by atoms with E-state index in [1.165, 1.54) is 18.6 Å². The molecule has 1 aromatic carbocycles. The van der Waals surface area contributed by atoms with E-state index in [-0.39, 0.29) is 39.7 Å². The van der Waals surface area contributed by atoms with Crippen molar-refractivity contribution in [1.82, 2.24) is 10.2 Å². The van der Waals surface area contributed by atoms with Crippen LogP contribution in [0.15, 0.2) is 12.1 Å². The summed E-state index contributed by atoms with van der Waals surface area (Å²) in [4.78, 5) is 37.7. The lowest BCUT2D eigenvalue weighted by Crippen LogP contribution is -2.44. The van der Waals surface area contributed by atoms with Crippen molar-refractivity contribution in [2.75, 3.05) is 6.54 Å². The predicted octanol–water partition coefficient (Wildman–Crippen LogP) is 3.04. The smallest absolute Gasteiger partial charge is 0.262 e. The summed E-state index contributed by atoms with van der Waals surface area (Å²) in [6, 6.07) is 2.88. The van der Waals surface area contributed by atoms with E-state index in [1.807, 2.05) is 0 Å². The lowest BCUT2D eigenvalue weighted by atomic mass is 9.95. The second-order valence-electron chi connectivity index (χ2n) is 5.91. The summed E-state index contributed by atoms with van der Waals surface area (Å²) in [6.45, 7) is -0.280. The molecule has 1 heterocycles. The van der Waals surface area contributed by atoms with Crippen molar-refractivity contribution in [3.8, 4) is 0 Å². The van der Waals surface area contributed by atoms with Gasteiger partial charge in [0, 0.05) is 6.04 Å². The third-order valence-corrected chi connectivity index (χ3v) is 5.01. The second kappa shape index (κ2) is 6.49. The molecular weight excluding hydrogens is 339 g/mol. The standard InChI is InChI=1S/C16H16Cl2N2O3/c17-12-6-10-11(7-13(12)18)16(23)20(15(10)22)8-14(21)19-9-4-2-1-3-5-9/h6-7,9H,1-5,8H2,(H,19,21). The normalized spacial score (nSPS) is 18.3. The summed E-state index contributed by atoms with van der Waals surface area (Å²) >= 11 is 11.8. The molecule has 0 radical (unpaired) electrons. The lowest BCUT2D eigenvalue weighted by molar-refractivity contribution is -0.122. The molecule has 3 amide bonds. The molecule has 1 aromatic rings. The maximum Gasteiger partial charge on any atom is 0.262 e. The molecule has 3 rings (SSSR count). The van der Waals surface area contributed by atoms with Gasteiger partial charge in [-0.25, -0.2) is 0 Å². The zero-order valence-electron chi connectivity index (χ0n) is 12.4. The van der Waals surface area contributed by atoms with Crippen LogP contribution >= 0.6 is 23.2 Å². The Bertz CT molecular complexity index is 643. The van der Waals surface area contributed by atoms with E-state index >= 15 is 0 Å². The van der Waals surface area contributed by atoms with Crippen molar-refractivity contribution in [3.05, 3.63) is 33.3 Å². The Hall–Kier alpha value is -1.59. The SMILES string of the molecule is O=C(CN1C(=O)c2cc(Cl)c(Cl)cc2C1=O)NC1CCCCC1. The average Bonchev–Trinajstić information content (AvgIpc) is 2.74. The van der Waals surface area contributed by atoms with E-state index < -0.39 is 11.8 Å². The summed E-state index contributed by atoms with van der Waals surface area (Å²) in [7, 11) is 0. The van der Waals surface area contributed by atoms with Gasteiger partial charge in [0.15, 0.2) is 0 Å². The molecule has 0 spiro atoms. The van der Waals surface area contributed by atoms with E-state index in [0.717, 1.165) is 30.6 Å². The largest absolute Gasteiger partial charge is 0.352 e. The number of halogens is 2. The number of hydrogen-bond donors (Lipinski definition) is 1. The monoisotopic (exact) mass is 354 g/mol. The maximum atomic E-state index is 12.3. The van der Waals surface area contributed by atoms with Crippen LogP contribution < -0.4 is 5.32 Å². The fraction of sp³-hybridized carbons (Fsp3) is 0.438. The first kappa shape index (κ1) is 16.3. The molecule has 23 heavy (non-hydrogen) atoms. The van der Waals surface area contributed by atoms with Crippen LogP contribution in [-0.4, -0.2) is 35.2 Å². The van der Waals surface area contributed by atoms with Crippen LogP contribution in [0.1, 0.15) is 52.8 Å². The third-order valence-electron chi connectivity index (χ3n) is 4.28. The van der Waals surface area contributed by atoms with Crippen molar-refractivity contribution < 1.29 is 14.4 Å². The highest BCUT2D eigenvalue weighted by atomic mass is 35.5. The molecule has 0 saturated heterocycles. The summed E-state index contributed by atoms with van der Waals surface area (Å²) in [6.07, 6.45) is 5.26. The summed E-state index contributed by atoms with van der Waals surface area (Å²) < 4.78 is 0. The highest BCUT2D eigenvalue weighted by Crippen LogP contribution is 2.31. The van der Waals surface area contributed by atoms with Gasteiger partial charge in [0.25, 0.3) is 11.8 Å². The molecule has 122 valence electrons. The molecule has 1 saturated carbocycles. The molecule has 7 heteroatoms. The molecule has 0 aromatic heterocycles. The van der Waals surface area contributed by atoms with Gasteiger partial charge in [-0.3, -0.25) is 19.3 Å². The number of hydrogen-bond acceptors (Lipinski definition) is 3. The number of fused-ring (bicyclic) bond motifs is 1. The van der Waals surface area contributed by atoms with Gasteiger partial charge < -0.3 is 5.32 Å². The summed E-state index contributed by atoms with van der Waals surface area (Å²) in [5.41, 5.74) is 0.379. The fourth-order valence-electron chi connectivity index (χ4n) is 3.09. The molecule has 0 atom stereocenters. The average molecular weight is 355 g/mol. The first-order chi connectivity index (χ1) is 11.0. The number of imide groups is 1. The van der Waals surface area contributed by atoms with Crippen molar-refractivity contribution in [1.29, 1.82) is 0 Å². The summed E-state index contributed by atoms with van der Waals surface area (Å²) in [5.74, 6) is -1.34. The Kier molecular flexibility index (Phi) is 4.60. The van der Waals surface area contributed by atoms with Crippen LogP contribution in [0.4, 0.5) is 0 Å². The predicted molar refractivity (Wildman–Crippen MR) is 86.8 cm³/mol. The van der Waals surface area contributed by atoms with Crippen molar-refractivity contribution in [2.45, 2.75) is 38.1 Å². The highest BCUT2D eigenvalue weighted by Gasteiger charge is 2.37. The first-order valence-corrected chi connectivity index (χ1v) is 8.37. The number of amides is 3. The zero-order chi connectivity index (χ0) is 16.6. The molecule has 1 aliphatic heterocycles. The Morgan fingerprint density at radius 3 is 2.09 bits per heavy atom. The van der Waals surface area contributed by atoms with Gasteiger partial charge in [-0.15, -0.1) is 0 Å². The number of carbonyl (C=O) groups excluding carboxylic acids is 3. The molecule has 1 fully saturated rings. The summed E-state index contributed by atoms with van der Waals surface area (Å²) in [5, 5.41) is 3.32. The number of rotatable bonds is 3. The highest BCUT2D eigenvalue weighted by molar-refractivity contribution is 6.43. The molecule has 5 nitrogen and oxygen atoms in total. The van der Waals surface area contributed by atoms with Gasteiger partial charge in [-0.05, 0) is 25.0 Å². The van der Waals surface area contributed by atoms with Gasteiger partial charge in [-0.2, -0.15) is 0 Å². The molecule has 2 aliphatic rings. The zero-order valence-corrected chi connectivity index (χ0v) is 13.9. The third kappa shape index (κ3) is 3.21. The number of benzene rings is 1. The molecule has 1 aliphatic carbocycles. The minimum absolute atomic E-state index is 0.135. The number of carbonyl (C=O) groups is 3. The van der Waals surface area contributed by atoms with Crippen molar-refractivity contribution >= 4 is 40.9 Å². The van der Waals surface area contributed by atoms with E-state index in [9.17, 15) is 14.4 Å². The van der Waals surface area contributed by atoms with E-state index in [0.29, 0.717) is 0 Å². The van der Waals surface area contributed by atoms with Crippen LogP contribution in [0.5, 0.6) is 0 Å².